The highest BCUT2D eigenvalue weighted by Crippen LogP contribution is 2.22. The second kappa shape index (κ2) is 8.04. The number of amides is 3. The fraction of sp³-hybridized carbons (Fsp3) is 0.556. The summed E-state index contributed by atoms with van der Waals surface area (Å²) in [6.07, 6.45) is 1.20. The number of carbonyl (C=O) groups excluding carboxylic acids is 2. The average Bonchev–Trinajstić information content (AvgIpc) is 2.52. The summed E-state index contributed by atoms with van der Waals surface area (Å²) in [5, 5.41) is 5.95. The molecule has 1 heterocycles. The highest BCUT2D eigenvalue weighted by molar-refractivity contribution is 5.91. The van der Waals surface area contributed by atoms with E-state index < -0.39 is 0 Å². The van der Waals surface area contributed by atoms with E-state index in [2.05, 4.69) is 22.8 Å². The lowest BCUT2D eigenvalue weighted by atomic mass is 10.0. The van der Waals surface area contributed by atoms with Gasteiger partial charge in [-0.1, -0.05) is 17.7 Å². The van der Waals surface area contributed by atoms with Crippen LogP contribution in [0.4, 0.5) is 15.3 Å². The lowest BCUT2D eigenvalue weighted by Gasteiger charge is -2.31. The van der Waals surface area contributed by atoms with Gasteiger partial charge in [0, 0.05) is 24.8 Å². The van der Waals surface area contributed by atoms with Crippen LogP contribution in [0.1, 0.15) is 36.5 Å². The zero-order chi connectivity index (χ0) is 17.7. The summed E-state index contributed by atoms with van der Waals surface area (Å²) in [6, 6.07) is 3.99. The summed E-state index contributed by atoms with van der Waals surface area (Å²) >= 11 is 0. The van der Waals surface area contributed by atoms with Crippen LogP contribution in [0.25, 0.3) is 0 Å². The Hall–Kier alpha value is -2.24. The van der Waals surface area contributed by atoms with Crippen molar-refractivity contribution >= 4 is 17.8 Å². The van der Waals surface area contributed by atoms with Gasteiger partial charge in [0.05, 0.1) is 6.61 Å². The Labute approximate surface area is 143 Å². The molecule has 0 saturated carbocycles. The third kappa shape index (κ3) is 4.63. The summed E-state index contributed by atoms with van der Waals surface area (Å²) in [4.78, 5) is 25.6. The second-order valence-corrected chi connectivity index (χ2v) is 6.33. The summed E-state index contributed by atoms with van der Waals surface area (Å²) in [5.41, 5.74) is 4.16. The monoisotopic (exact) mass is 333 g/mol. The summed E-state index contributed by atoms with van der Waals surface area (Å²) in [7, 11) is 0. The number of carbonyl (C=O) groups is 2. The minimum Gasteiger partial charge on any atom is -0.450 e. The van der Waals surface area contributed by atoms with E-state index in [4.69, 9.17) is 4.74 Å². The van der Waals surface area contributed by atoms with E-state index in [-0.39, 0.29) is 18.2 Å². The first-order valence-electron chi connectivity index (χ1n) is 8.47. The molecule has 1 aromatic carbocycles. The standard InChI is InChI=1S/C18H27N3O3/c1-5-24-18(23)21-8-6-15(7-9-21)19-17(22)20-16-13(3)10-12(2)11-14(16)4/h10-11,15H,5-9H2,1-4H3,(H2,19,20,22). The molecule has 3 amide bonds. The average molecular weight is 333 g/mol. The van der Waals surface area contributed by atoms with Gasteiger partial charge in [0.15, 0.2) is 0 Å². The largest absolute Gasteiger partial charge is 0.450 e. The highest BCUT2D eigenvalue weighted by atomic mass is 16.6. The van der Waals surface area contributed by atoms with E-state index in [1.54, 1.807) is 11.8 Å². The fourth-order valence-electron chi connectivity index (χ4n) is 3.13. The first-order valence-corrected chi connectivity index (χ1v) is 8.47. The maximum Gasteiger partial charge on any atom is 0.409 e. The molecule has 0 spiro atoms. The van der Waals surface area contributed by atoms with Gasteiger partial charge < -0.3 is 20.3 Å². The van der Waals surface area contributed by atoms with Crippen LogP contribution in [0.2, 0.25) is 0 Å². The Bertz CT molecular complexity index is 585. The van der Waals surface area contributed by atoms with Crippen molar-refractivity contribution in [2.75, 3.05) is 25.0 Å². The molecule has 1 aromatic rings. The molecule has 0 atom stereocenters. The predicted molar refractivity (Wildman–Crippen MR) is 94.4 cm³/mol. The molecule has 0 aromatic heterocycles. The molecule has 2 N–H and O–H groups in total. The fourth-order valence-corrected chi connectivity index (χ4v) is 3.13. The molecular weight excluding hydrogens is 306 g/mol. The third-order valence-corrected chi connectivity index (χ3v) is 4.27. The number of rotatable bonds is 3. The molecule has 2 rings (SSSR count). The van der Waals surface area contributed by atoms with Crippen LogP contribution < -0.4 is 10.6 Å². The van der Waals surface area contributed by atoms with Crippen LogP contribution in [-0.4, -0.2) is 42.8 Å². The molecule has 1 fully saturated rings. The number of nitrogens with zero attached hydrogens (tertiary/aromatic N) is 1. The van der Waals surface area contributed by atoms with Crippen molar-refractivity contribution in [2.45, 2.75) is 46.6 Å². The van der Waals surface area contributed by atoms with Gasteiger partial charge in [-0.3, -0.25) is 0 Å². The minimum atomic E-state index is -0.272. The molecule has 24 heavy (non-hydrogen) atoms. The Morgan fingerprint density at radius 1 is 1.17 bits per heavy atom. The van der Waals surface area contributed by atoms with E-state index >= 15 is 0 Å². The van der Waals surface area contributed by atoms with Crippen molar-refractivity contribution < 1.29 is 14.3 Å². The summed E-state index contributed by atoms with van der Waals surface area (Å²) in [6.45, 7) is 9.42. The molecule has 0 bridgehead atoms. The van der Waals surface area contributed by atoms with Crippen molar-refractivity contribution in [3.8, 4) is 0 Å². The Kier molecular flexibility index (Phi) is 6.06. The third-order valence-electron chi connectivity index (χ3n) is 4.27. The molecule has 0 aliphatic carbocycles. The van der Waals surface area contributed by atoms with Gasteiger partial charge in [0.1, 0.15) is 0 Å². The van der Waals surface area contributed by atoms with Crippen LogP contribution in [0.5, 0.6) is 0 Å². The molecule has 6 nitrogen and oxygen atoms in total. The lowest BCUT2D eigenvalue weighted by Crippen LogP contribution is -2.47. The smallest absolute Gasteiger partial charge is 0.409 e. The van der Waals surface area contributed by atoms with Crippen molar-refractivity contribution in [3.05, 3.63) is 28.8 Å². The topological polar surface area (TPSA) is 70.7 Å². The molecule has 1 saturated heterocycles. The van der Waals surface area contributed by atoms with Crippen molar-refractivity contribution in [3.63, 3.8) is 0 Å². The van der Waals surface area contributed by atoms with Gasteiger partial charge in [-0.05, 0) is 51.7 Å². The number of benzene rings is 1. The van der Waals surface area contributed by atoms with Crippen molar-refractivity contribution in [1.82, 2.24) is 10.2 Å². The number of aryl methyl sites for hydroxylation is 3. The molecule has 0 radical (unpaired) electrons. The first kappa shape index (κ1) is 18.1. The van der Waals surface area contributed by atoms with E-state index in [9.17, 15) is 9.59 Å². The molecule has 1 aliphatic rings. The number of anilines is 1. The van der Waals surface area contributed by atoms with E-state index in [0.29, 0.717) is 19.7 Å². The van der Waals surface area contributed by atoms with E-state index in [0.717, 1.165) is 29.7 Å². The maximum absolute atomic E-state index is 12.3. The summed E-state index contributed by atoms with van der Waals surface area (Å²) < 4.78 is 5.00. The quantitative estimate of drug-likeness (QED) is 0.891. The number of nitrogens with one attached hydrogen (secondary N) is 2. The Morgan fingerprint density at radius 3 is 2.29 bits per heavy atom. The number of piperidine rings is 1. The molecule has 6 heteroatoms. The maximum atomic E-state index is 12.3. The second-order valence-electron chi connectivity index (χ2n) is 6.33. The zero-order valence-corrected chi connectivity index (χ0v) is 14.9. The molecular formula is C18H27N3O3. The number of hydrogen-bond acceptors (Lipinski definition) is 3. The molecule has 1 aliphatic heterocycles. The van der Waals surface area contributed by atoms with Crippen LogP contribution in [0.15, 0.2) is 12.1 Å². The van der Waals surface area contributed by atoms with Crippen LogP contribution in [0.3, 0.4) is 0 Å². The number of hydrogen-bond donors (Lipinski definition) is 2. The van der Waals surface area contributed by atoms with E-state index in [1.807, 2.05) is 20.8 Å². The Morgan fingerprint density at radius 2 is 1.75 bits per heavy atom. The highest BCUT2D eigenvalue weighted by Gasteiger charge is 2.24. The number of urea groups is 1. The van der Waals surface area contributed by atoms with Gasteiger partial charge in [-0.2, -0.15) is 0 Å². The predicted octanol–water partition coefficient (Wildman–Crippen LogP) is 3.35. The van der Waals surface area contributed by atoms with Crippen molar-refractivity contribution in [1.29, 1.82) is 0 Å². The van der Waals surface area contributed by atoms with E-state index in [1.165, 1.54) is 5.56 Å². The van der Waals surface area contributed by atoms with Crippen LogP contribution >= 0.6 is 0 Å². The van der Waals surface area contributed by atoms with Crippen LogP contribution in [0, 0.1) is 20.8 Å². The normalized spacial score (nSPS) is 15.1. The SMILES string of the molecule is CCOC(=O)N1CCC(NC(=O)Nc2c(C)cc(C)cc2C)CC1. The lowest BCUT2D eigenvalue weighted by molar-refractivity contribution is 0.0959. The van der Waals surface area contributed by atoms with Gasteiger partial charge in [-0.25, -0.2) is 9.59 Å². The van der Waals surface area contributed by atoms with Gasteiger partial charge in [0.2, 0.25) is 0 Å². The minimum absolute atomic E-state index is 0.0711. The first-order chi connectivity index (χ1) is 11.4. The number of ether oxygens (including phenoxy) is 1. The van der Waals surface area contributed by atoms with Gasteiger partial charge in [-0.15, -0.1) is 0 Å². The van der Waals surface area contributed by atoms with Crippen LogP contribution in [-0.2, 0) is 4.74 Å². The summed E-state index contributed by atoms with van der Waals surface area (Å²) in [5.74, 6) is 0. The zero-order valence-electron chi connectivity index (χ0n) is 14.9. The Balaban J connectivity index is 1.85. The molecule has 132 valence electrons. The van der Waals surface area contributed by atoms with Gasteiger partial charge in [0.25, 0.3) is 0 Å². The van der Waals surface area contributed by atoms with Gasteiger partial charge >= 0.3 is 12.1 Å². The van der Waals surface area contributed by atoms with Crippen molar-refractivity contribution in [2.24, 2.45) is 0 Å². The molecule has 0 unspecified atom stereocenters. The number of likely N-dealkylation sites (tertiary alicyclic amines) is 1.